The van der Waals surface area contributed by atoms with Gasteiger partial charge in [-0.25, -0.2) is 0 Å². The molecule has 1 rings (SSSR count). The van der Waals surface area contributed by atoms with Crippen LogP contribution in [0.2, 0.25) is 0 Å². The van der Waals surface area contributed by atoms with Crippen molar-refractivity contribution in [2.24, 2.45) is 0 Å². The number of nitrogens with zero attached hydrogens (tertiary/aromatic N) is 1. The summed E-state index contributed by atoms with van der Waals surface area (Å²) in [6, 6.07) is -0.0498. The van der Waals surface area contributed by atoms with E-state index in [9.17, 15) is 9.59 Å². The first kappa shape index (κ1) is 13.0. The fourth-order valence-corrected chi connectivity index (χ4v) is 2.39. The summed E-state index contributed by atoms with van der Waals surface area (Å²) in [6.07, 6.45) is 3.63. The van der Waals surface area contributed by atoms with Crippen molar-refractivity contribution in [2.45, 2.75) is 58.5 Å². The molecule has 0 aromatic heterocycles. The van der Waals surface area contributed by atoms with Gasteiger partial charge in [0.15, 0.2) is 0 Å². The molecule has 2 unspecified atom stereocenters. The number of nitrogens with one attached hydrogen (secondary N) is 1. The molecule has 0 spiro atoms. The zero-order valence-electron chi connectivity index (χ0n) is 10.5. The minimum absolute atomic E-state index is 0.00310. The van der Waals surface area contributed by atoms with Crippen molar-refractivity contribution >= 4 is 11.8 Å². The molecule has 0 saturated carbocycles. The summed E-state index contributed by atoms with van der Waals surface area (Å²) in [5.41, 5.74) is 0. The smallest absolute Gasteiger partial charge is 0.243 e. The molecule has 1 saturated heterocycles. The molecule has 4 heteroatoms. The van der Waals surface area contributed by atoms with Gasteiger partial charge in [0.2, 0.25) is 11.8 Å². The molecule has 1 heterocycles. The number of rotatable bonds is 5. The Morgan fingerprint density at radius 3 is 2.56 bits per heavy atom. The van der Waals surface area contributed by atoms with E-state index in [-0.39, 0.29) is 30.4 Å². The quantitative estimate of drug-likeness (QED) is 0.768. The van der Waals surface area contributed by atoms with Gasteiger partial charge in [0.1, 0.15) is 6.04 Å². The van der Waals surface area contributed by atoms with Crippen LogP contribution in [0.3, 0.4) is 0 Å². The van der Waals surface area contributed by atoms with Crippen LogP contribution in [-0.2, 0) is 9.59 Å². The molecule has 1 fully saturated rings. The maximum absolute atomic E-state index is 11.9. The Balaban J connectivity index is 2.85. The fraction of sp³-hybridized carbons (Fsp3) is 0.833. The van der Waals surface area contributed by atoms with Crippen molar-refractivity contribution in [3.05, 3.63) is 0 Å². The maximum atomic E-state index is 11.9. The Kier molecular flexibility index (Phi) is 4.77. The average Bonchev–Trinajstić information content (AvgIpc) is 2.29. The van der Waals surface area contributed by atoms with E-state index in [1.165, 1.54) is 0 Å². The maximum Gasteiger partial charge on any atom is 0.243 e. The summed E-state index contributed by atoms with van der Waals surface area (Å²) in [5, 5.41) is 2.65. The minimum Gasteiger partial charge on any atom is -0.345 e. The van der Waals surface area contributed by atoms with Crippen LogP contribution in [0.1, 0.15) is 46.5 Å². The average molecular weight is 226 g/mol. The van der Waals surface area contributed by atoms with Crippen LogP contribution in [0.5, 0.6) is 0 Å². The summed E-state index contributed by atoms with van der Waals surface area (Å²) in [4.78, 5) is 25.4. The van der Waals surface area contributed by atoms with E-state index in [0.717, 1.165) is 19.3 Å². The predicted molar refractivity (Wildman–Crippen MR) is 62.9 cm³/mol. The van der Waals surface area contributed by atoms with Gasteiger partial charge in [0.25, 0.3) is 0 Å². The normalized spacial score (nSPS) is 23.2. The first-order valence-electron chi connectivity index (χ1n) is 6.24. The highest BCUT2D eigenvalue weighted by Gasteiger charge is 2.36. The van der Waals surface area contributed by atoms with Crippen LogP contribution in [-0.4, -0.2) is 35.3 Å². The van der Waals surface area contributed by atoms with Gasteiger partial charge in [0.05, 0.1) is 6.54 Å². The number of carbonyl (C=O) groups excluding carboxylic acids is 2. The zero-order valence-corrected chi connectivity index (χ0v) is 10.5. The van der Waals surface area contributed by atoms with E-state index < -0.39 is 0 Å². The molecule has 0 radical (unpaired) electrons. The van der Waals surface area contributed by atoms with Crippen LogP contribution in [0, 0.1) is 0 Å². The van der Waals surface area contributed by atoms with Gasteiger partial charge in [-0.15, -0.1) is 0 Å². The van der Waals surface area contributed by atoms with Crippen molar-refractivity contribution in [1.29, 1.82) is 0 Å². The molecule has 0 bridgehead atoms. The van der Waals surface area contributed by atoms with Crippen LogP contribution >= 0.6 is 0 Å². The number of hydrogen-bond acceptors (Lipinski definition) is 2. The molecule has 1 aliphatic rings. The molecule has 2 atom stereocenters. The largest absolute Gasteiger partial charge is 0.345 e. The van der Waals surface area contributed by atoms with Crippen LogP contribution in [0.25, 0.3) is 0 Å². The molecule has 2 amide bonds. The van der Waals surface area contributed by atoms with Crippen molar-refractivity contribution in [3.8, 4) is 0 Å². The van der Waals surface area contributed by atoms with Gasteiger partial charge >= 0.3 is 0 Å². The van der Waals surface area contributed by atoms with Gasteiger partial charge in [-0.05, 0) is 19.3 Å². The third-order valence-corrected chi connectivity index (χ3v) is 3.21. The van der Waals surface area contributed by atoms with Crippen LogP contribution in [0.15, 0.2) is 0 Å². The van der Waals surface area contributed by atoms with E-state index in [2.05, 4.69) is 19.2 Å². The standard InChI is InChI=1S/C12H22N2O2/c1-4-7-9(5-2)14-10(6-3)12(16)13-8-11(14)15/h9-10H,4-8H2,1-3H3,(H,13,16). The van der Waals surface area contributed by atoms with Gasteiger partial charge in [-0.2, -0.15) is 0 Å². The van der Waals surface area contributed by atoms with E-state index in [1.54, 1.807) is 0 Å². The topological polar surface area (TPSA) is 49.4 Å². The van der Waals surface area contributed by atoms with E-state index in [4.69, 9.17) is 0 Å². The van der Waals surface area contributed by atoms with Crippen LogP contribution in [0.4, 0.5) is 0 Å². The highest BCUT2D eigenvalue weighted by atomic mass is 16.2. The van der Waals surface area contributed by atoms with Gasteiger partial charge in [0, 0.05) is 6.04 Å². The lowest BCUT2D eigenvalue weighted by Gasteiger charge is -2.40. The second-order valence-electron chi connectivity index (χ2n) is 4.29. The zero-order chi connectivity index (χ0) is 12.1. The Morgan fingerprint density at radius 2 is 2.06 bits per heavy atom. The van der Waals surface area contributed by atoms with Gasteiger partial charge in [-0.3, -0.25) is 9.59 Å². The molecule has 16 heavy (non-hydrogen) atoms. The lowest BCUT2D eigenvalue weighted by molar-refractivity contribution is -0.148. The fourth-order valence-electron chi connectivity index (χ4n) is 2.39. The lowest BCUT2D eigenvalue weighted by atomic mass is 10.0. The first-order chi connectivity index (χ1) is 7.65. The molecule has 4 nitrogen and oxygen atoms in total. The van der Waals surface area contributed by atoms with Crippen molar-refractivity contribution in [3.63, 3.8) is 0 Å². The minimum atomic E-state index is -0.266. The monoisotopic (exact) mass is 226 g/mol. The van der Waals surface area contributed by atoms with E-state index in [0.29, 0.717) is 6.42 Å². The number of piperazine rings is 1. The highest BCUT2D eigenvalue weighted by Crippen LogP contribution is 2.19. The molecule has 0 aliphatic carbocycles. The number of hydrogen-bond donors (Lipinski definition) is 1. The summed E-state index contributed by atoms with van der Waals surface area (Å²) in [5.74, 6) is 0.0587. The second-order valence-corrected chi connectivity index (χ2v) is 4.29. The Morgan fingerprint density at radius 1 is 1.38 bits per heavy atom. The van der Waals surface area contributed by atoms with Crippen molar-refractivity contribution < 1.29 is 9.59 Å². The summed E-state index contributed by atoms with van der Waals surface area (Å²) >= 11 is 0. The molecular formula is C12H22N2O2. The Hall–Kier alpha value is -1.06. The molecule has 0 aromatic carbocycles. The van der Waals surface area contributed by atoms with Crippen molar-refractivity contribution in [2.75, 3.05) is 6.54 Å². The van der Waals surface area contributed by atoms with E-state index in [1.807, 2.05) is 11.8 Å². The molecule has 0 aromatic rings. The SMILES string of the molecule is CCCC(CC)N1C(=O)CNC(=O)C1CC. The summed E-state index contributed by atoms with van der Waals surface area (Å²) in [7, 11) is 0. The van der Waals surface area contributed by atoms with E-state index >= 15 is 0 Å². The number of amides is 2. The lowest BCUT2D eigenvalue weighted by Crippen LogP contribution is -2.61. The first-order valence-corrected chi connectivity index (χ1v) is 6.24. The predicted octanol–water partition coefficient (Wildman–Crippen LogP) is 1.30. The van der Waals surface area contributed by atoms with Crippen LogP contribution < -0.4 is 5.32 Å². The Labute approximate surface area is 97.4 Å². The van der Waals surface area contributed by atoms with Gasteiger partial charge in [-0.1, -0.05) is 27.2 Å². The second kappa shape index (κ2) is 5.87. The summed E-state index contributed by atoms with van der Waals surface area (Å²) < 4.78 is 0. The molecule has 1 aliphatic heterocycles. The Bertz CT molecular complexity index is 266. The third kappa shape index (κ3) is 2.54. The van der Waals surface area contributed by atoms with Gasteiger partial charge < -0.3 is 10.2 Å². The number of carbonyl (C=O) groups is 2. The summed E-state index contributed by atoms with van der Waals surface area (Å²) in [6.45, 7) is 6.30. The molecular weight excluding hydrogens is 204 g/mol. The highest BCUT2D eigenvalue weighted by molar-refractivity contribution is 5.94. The molecule has 92 valence electrons. The van der Waals surface area contributed by atoms with Crippen molar-refractivity contribution in [1.82, 2.24) is 10.2 Å². The molecule has 1 N–H and O–H groups in total. The third-order valence-electron chi connectivity index (χ3n) is 3.21.